The molecule has 3 N–H and O–H groups in total. The Morgan fingerprint density at radius 3 is 2.29 bits per heavy atom. The molecule has 1 aromatic rings. The van der Waals surface area contributed by atoms with E-state index >= 15 is 0 Å². The molecule has 1 atom stereocenters. The molecule has 9 heteroatoms. The quantitative estimate of drug-likeness (QED) is 0.421. The highest BCUT2D eigenvalue weighted by atomic mass is 32.1. The van der Waals surface area contributed by atoms with Crippen LogP contribution in [0.15, 0.2) is 12.1 Å². The summed E-state index contributed by atoms with van der Waals surface area (Å²) in [6.45, 7) is 8.32. The molecule has 2 rings (SSSR count). The first-order chi connectivity index (χ1) is 13.6. The number of carbonyl (C=O) groups is 1. The summed E-state index contributed by atoms with van der Waals surface area (Å²) < 4.78 is 22.4. The van der Waals surface area contributed by atoms with Gasteiger partial charge in [0.25, 0.3) is 5.91 Å². The Kier molecular flexibility index (Phi) is 9.09. The molecule has 0 bridgehead atoms. The monoisotopic (exact) mass is 411 g/mol. The van der Waals surface area contributed by atoms with Gasteiger partial charge in [-0.05, 0) is 58.0 Å². The molecule has 0 saturated carbocycles. The summed E-state index contributed by atoms with van der Waals surface area (Å²) in [6, 6.07) is 3.24. The smallest absolute Gasteiger partial charge is 0.269 e. The van der Waals surface area contributed by atoms with Crippen molar-refractivity contribution in [1.29, 1.82) is 0 Å². The number of hydrazine groups is 1. The van der Waals surface area contributed by atoms with E-state index in [1.54, 1.807) is 12.1 Å². The molecule has 0 aliphatic carbocycles. The van der Waals surface area contributed by atoms with Crippen LogP contribution < -0.4 is 30.4 Å². The second kappa shape index (κ2) is 11.6. The lowest BCUT2D eigenvalue weighted by Gasteiger charge is -2.18. The lowest BCUT2D eigenvalue weighted by atomic mass is 10.1. The maximum Gasteiger partial charge on any atom is 0.269 e. The minimum Gasteiger partial charge on any atom is -0.490 e. The van der Waals surface area contributed by atoms with Gasteiger partial charge in [0.15, 0.2) is 16.6 Å². The van der Waals surface area contributed by atoms with E-state index < -0.39 is 0 Å². The van der Waals surface area contributed by atoms with Crippen molar-refractivity contribution in [3.63, 3.8) is 0 Å². The van der Waals surface area contributed by atoms with Gasteiger partial charge in [-0.2, -0.15) is 0 Å². The van der Waals surface area contributed by atoms with Gasteiger partial charge in [0, 0.05) is 18.7 Å². The zero-order valence-corrected chi connectivity index (χ0v) is 17.4. The Bertz CT molecular complexity index is 638. The molecule has 1 heterocycles. The van der Waals surface area contributed by atoms with Crippen LogP contribution in [-0.4, -0.2) is 50.1 Å². The predicted molar refractivity (Wildman–Crippen MR) is 110 cm³/mol. The molecule has 1 aromatic carbocycles. The maximum absolute atomic E-state index is 12.6. The molecule has 156 valence electrons. The van der Waals surface area contributed by atoms with Crippen molar-refractivity contribution in [2.24, 2.45) is 0 Å². The Labute approximate surface area is 171 Å². The number of benzene rings is 1. The molecule has 1 fully saturated rings. The van der Waals surface area contributed by atoms with E-state index in [-0.39, 0.29) is 12.0 Å². The van der Waals surface area contributed by atoms with Crippen LogP contribution in [0.25, 0.3) is 0 Å². The van der Waals surface area contributed by atoms with E-state index in [2.05, 4.69) is 16.2 Å². The molecule has 1 saturated heterocycles. The maximum atomic E-state index is 12.6. The number of nitrogens with one attached hydrogen (secondary N) is 3. The molecule has 0 aromatic heterocycles. The molecule has 28 heavy (non-hydrogen) atoms. The summed E-state index contributed by atoms with van der Waals surface area (Å²) in [6.07, 6.45) is 2.23. The van der Waals surface area contributed by atoms with Crippen LogP contribution in [0.2, 0.25) is 0 Å². The van der Waals surface area contributed by atoms with E-state index in [0.29, 0.717) is 54.3 Å². The van der Waals surface area contributed by atoms with Gasteiger partial charge in [-0.25, -0.2) is 0 Å². The van der Waals surface area contributed by atoms with Crippen molar-refractivity contribution < 1.29 is 23.7 Å². The molecule has 1 aliphatic rings. The van der Waals surface area contributed by atoms with Crippen LogP contribution in [0.4, 0.5) is 0 Å². The Balaban J connectivity index is 2.01. The normalized spacial score (nSPS) is 15.6. The molecule has 1 amide bonds. The third-order valence-electron chi connectivity index (χ3n) is 3.98. The van der Waals surface area contributed by atoms with Crippen LogP contribution in [0, 0.1) is 0 Å². The number of carbonyl (C=O) groups excluding carboxylic acids is 1. The van der Waals surface area contributed by atoms with Crippen molar-refractivity contribution in [2.75, 3.05) is 33.0 Å². The highest BCUT2D eigenvalue weighted by Gasteiger charge is 2.19. The fourth-order valence-corrected chi connectivity index (χ4v) is 2.90. The standard InChI is InChI=1S/C19H29N3O5S/c1-4-24-15-10-13(11-16(25-5-2)17(15)26-6-3)18(23)21-22-19(28)20-12-14-8-7-9-27-14/h10-11,14H,4-9,12H2,1-3H3,(H,21,23)(H2,20,22,28). The van der Waals surface area contributed by atoms with Crippen molar-refractivity contribution in [3.05, 3.63) is 17.7 Å². The number of amides is 1. The fourth-order valence-electron chi connectivity index (χ4n) is 2.76. The average molecular weight is 412 g/mol. The van der Waals surface area contributed by atoms with Gasteiger partial charge in [-0.3, -0.25) is 15.6 Å². The summed E-state index contributed by atoms with van der Waals surface area (Å²) in [5, 5.41) is 3.36. The first-order valence-electron chi connectivity index (χ1n) is 9.61. The first-order valence-corrected chi connectivity index (χ1v) is 10.0. The zero-order valence-electron chi connectivity index (χ0n) is 16.6. The van der Waals surface area contributed by atoms with Crippen LogP contribution in [-0.2, 0) is 4.74 Å². The second-order valence-electron chi connectivity index (χ2n) is 6.02. The SMILES string of the molecule is CCOc1cc(C(=O)NNC(=S)NCC2CCCO2)cc(OCC)c1OCC. The molecular weight excluding hydrogens is 382 g/mol. The molecule has 8 nitrogen and oxygen atoms in total. The van der Waals surface area contributed by atoms with E-state index in [1.807, 2.05) is 20.8 Å². The first kappa shape index (κ1) is 22.0. The second-order valence-corrected chi connectivity index (χ2v) is 6.43. The van der Waals surface area contributed by atoms with Crippen LogP contribution in [0.3, 0.4) is 0 Å². The average Bonchev–Trinajstić information content (AvgIpc) is 3.20. The van der Waals surface area contributed by atoms with Crippen molar-refractivity contribution in [2.45, 2.75) is 39.7 Å². The lowest BCUT2D eigenvalue weighted by Crippen LogP contribution is -2.48. The van der Waals surface area contributed by atoms with E-state index in [0.717, 1.165) is 19.4 Å². The Morgan fingerprint density at radius 1 is 1.11 bits per heavy atom. The van der Waals surface area contributed by atoms with E-state index in [9.17, 15) is 4.79 Å². The summed E-state index contributed by atoms with van der Waals surface area (Å²) in [7, 11) is 0. The lowest BCUT2D eigenvalue weighted by molar-refractivity contribution is 0.0942. The third-order valence-corrected chi connectivity index (χ3v) is 4.22. The highest BCUT2D eigenvalue weighted by Crippen LogP contribution is 2.39. The Hall–Kier alpha value is -2.26. The van der Waals surface area contributed by atoms with Crippen LogP contribution in [0.1, 0.15) is 44.0 Å². The summed E-state index contributed by atoms with van der Waals surface area (Å²) in [5.74, 6) is 1.04. The number of thiocarbonyl (C=S) groups is 1. The van der Waals surface area contributed by atoms with Gasteiger partial charge in [-0.15, -0.1) is 0 Å². The summed E-state index contributed by atoms with van der Waals surface area (Å²) >= 11 is 5.19. The number of ether oxygens (including phenoxy) is 4. The van der Waals surface area contributed by atoms with Crippen molar-refractivity contribution >= 4 is 23.2 Å². The number of rotatable bonds is 9. The fraction of sp³-hybridized carbons (Fsp3) is 0.579. The third kappa shape index (κ3) is 6.42. The topological polar surface area (TPSA) is 90.1 Å². The molecule has 0 spiro atoms. The number of hydrogen-bond acceptors (Lipinski definition) is 6. The number of hydrogen-bond donors (Lipinski definition) is 3. The van der Waals surface area contributed by atoms with Gasteiger partial charge < -0.3 is 24.3 Å². The molecule has 1 aliphatic heterocycles. The van der Waals surface area contributed by atoms with Gasteiger partial charge in [0.1, 0.15) is 0 Å². The van der Waals surface area contributed by atoms with Crippen molar-refractivity contribution in [3.8, 4) is 17.2 Å². The van der Waals surface area contributed by atoms with Gasteiger partial charge in [-0.1, -0.05) is 0 Å². The predicted octanol–water partition coefficient (Wildman–Crippen LogP) is 2.17. The van der Waals surface area contributed by atoms with Crippen molar-refractivity contribution in [1.82, 2.24) is 16.2 Å². The Morgan fingerprint density at radius 2 is 1.75 bits per heavy atom. The summed E-state index contributed by atoms with van der Waals surface area (Å²) in [5.41, 5.74) is 5.64. The van der Waals surface area contributed by atoms with E-state index in [1.165, 1.54) is 0 Å². The van der Waals surface area contributed by atoms with E-state index in [4.69, 9.17) is 31.2 Å². The van der Waals surface area contributed by atoms with Crippen LogP contribution in [0.5, 0.6) is 17.2 Å². The zero-order chi connectivity index (χ0) is 20.4. The minimum atomic E-state index is -0.369. The molecular formula is C19H29N3O5S. The highest BCUT2D eigenvalue weighted by molar-refractivity contribution is 7.80. The van der Waals surface area contributed by atoms with Gasteiger partial charge in [0.05, 0.1) is 25.9 Å². The largest absolute Gasteiger partial charge is 0.490 e. The minimum absolute atomic E-state index is 0.157. The van der Waals surface area contributed by atoms with Gasteiger partial charge in [0.2, 0.25) is 5.75 Å². The molecule has 1 unspecified atom stereocenters. The van der Waals surface area contributed by atoms with Gasteiger partial charge >= 0.3 is 0 Å². The summed E-state index contributed by atoms with van der Waals surface area (Å²) in [4.78, 5) is 12.6. The molecule has 0 radical (unpaired) electrons. The van der Waals surface area contributed by atoms with Crippen LogP contribution >= 0.6 is 12.2 Å².